The van der Waals surface area contributed by atoms with Crippen molar-refractivity contribution >= 4 is 17.0 Å². The van der Waals surface area contributed by atoms with Gasteiger partial charge in [-0.25, -0.2) is 4.99 Å². The molecule has 0 bridgehead atoms. The van der Waals surface area contributed by atoms with Gasteiger partial charge in [-0.15, -0.1) is 0 Å². The molecule has 1 saturated heterocycles. The molecule has 0 spiro atoms. The van der Waals surface area contributed by atoms with E-state index in [0.717, 1.165) is 60.5 Å². The number of phenols is 1. The largest absolute Gasteiger partial charge is 0.507 e. The molecule has 3 atom stereocenters. The van der Waals surface area contributed by atoms with Gasteiger partial charge in [0.1, 0.15) is 11.5 Å². The first-order valence-corrected chi connectivity index (χ1v) is 12.5. The highest BCUT2D eigenvalue weighted by atomic mass is 32.2. The molecule has 0 aromatic heterocycles. The van der Waals surface area contributed by atoms with Crippen molar-refractivity contribution in [1.82, 2.24) is 0 Å². The van der Waals surface area contributed by atoms with E-state index in [1.54, 1.807) is 18.8 Å². The first-order chi connectivity index (χ1) is 14.9. The van der Waals surface area contributed by atoms with Gasteiger partial charge in [0.05, 0.1) is 12.7 Å². The predicted octanol–water partition coefficient (Wildman–Crippen LogP) is 6.64. The van der Waals surface area contributed by atoms with Crippen LogP contribution in [-0.2, 0) is 11.2 Å². The molecule has 1 aliphatic heterocycles. The van der Waals surface area contributed by atoms with Gasteiger partial charge in [-0.2, -0.15) is 0 Å². The van der Waals surface area contributed by atoms with Gasteiger partial charge in [-0.05, 0) is 63.1 Å². The van der Waals surface area contributed by atoms with E-state index >= 15 is 0 Å². The number of hydrogen-bond acceptors (Lipinski definition) is 5. The molecule has 3 rings (SSSR count). The number of epoxide rings is 1. The van der Waals surface area contributed by atoms with Gasteiger partial charge in [0.15, 0.2) is 0 Å². The van der Waals surface area contributed by atoms with E-state index in [-0.39, 0.29) is 11.8 Å². The highest BCUT2D eigenvalue weighted by Gasteiger charge is 2.31. The summed E-state index contributed by atoms with van der Waals surface area (Å²) in [6.45, 7) is 11.5. The summed E-state index contributed by atoms with van der Waals surface area (Å²) in [6.07, 6.45) is 9.09. The zero-order chi connectivity index (χ0) is 22.4. The van der Waals surface area contributed by atoms with Crippen molar-refractivity contribution in [3.05, 3.63) is 47.1 Å². The molecule has 0 radical (unpaired) electrons. The molecule has 1 N–H and O–H groups in total. The summed E-state index contributed by atoms with van der Waals surface area (Å²) in [6, 6.07) is 4.04. The number of benzene rings is 1. The fourth-order valence-corrected chi connectivity index (χ4v) is 5.08. The van der Waals surface area contributed by atoms with E-state index in [1.165, 1.54) is 18.4 Å². The first-order valence-electron chi connectivity index (χ1n) is 11.5. The zero-order valence-electron chi connectivity index (χ0n) is 19.4. The molecule has 31 heavy (non-hydrogen) atoms. The van der Waals surface area contributed by atoms with Crippen LogP contribution in [0.4, 0.5) is 0 Å². The second-order valence-corrected chi connectivity index (χ2v) is 9.84. The van der Waals surface area contributed by atoms with E-state index in [1.807, 2.05) is 6.07 Å². The van der Waals surface area contributed by atoms with Crippen molar-refractivity contribution in [3.63, 3.8) is 0 Å². The Morgan fingerprint density at radius 2 is 2.13 bits per heavy atom. The Morgan fingerprint density at radius 1 is 1.35 bits per heavy atom. The molecular weight excluding hydrogens is 406 g/mol. The van der Waals surface area contributed by atoms with Gasteiger partial charge in [-0.3, -0.25) is 0 Å². The normalized spacial score (nSPS) is 23.4. The highest BCUT2D eigenvalue weighted by Crippen LogP contribution is 2.47. The topological polar surface area (TPSA) is 54.4 Å². The fourth-order valence-electron chi connectivity index (χ4n) is 4.28. The van der Waals surface area contributed by atoms with E-state index in [9.17, 15) is 5.11 Å². The number of aryl methyl sites for hydroxylation is 1. The Hall–Kier alpha value is -1.72. The smallest absolute Gasteiger partial charge is 0.251 e. The molecule has 5 heteroatoms. The van der Waals surface area contributed by atoms with Crippen LogP contribution >= 0.6 is 11.8 Å². The molecule has 170 valence electrons. The van der Waals surface area contributed by atoms with Crippen LogP contribution in [0.3, 0.4) is 0 Å². The number of ether oxygens (including phenoxy) is 2. The van der Waals surface area contributed by atoms with E-state index in [2.05, 4.69) is 44.5 Å². The number of unbranched alkanes of at least 4 members (excludes halogenated alkanes) is 2. The van der Waals surface area contributed by atoms with Gasteiger partial charge in [0.25, 0.3) is 5.23 Å². The Labute approximate surface area is 191 Å². The number of nitrogens with zero attached hydrogens (tertiary/aromatic N) is 1. The average molecular weight is 444 g/mol. The number of thioether (sulfide) groups is 1. The number of phenolic OH excluding ortho intramolecular Hbond substituents is 1. The third kappa shape index (κ3) is 6.63. The highest BCUT2D eigenvalue weighted by molar-refractivity contribution is 8.13. The first kappa shape index (κ1) is 23.9. The average Bonchev–Trinajstić information content (AvgIpc) is 3.55. The van der Waals surface area contributed by atoms with Gasteiger partial charge < -0.3 is 14.6 Å². The lowest BCUT2D eigenvalue weighted by Gasteiger charge is -2.32. The Bertz CT molecular complexity index is 841. The predicted molar refractivity (Wildman–Crippen MR) is 132 cm³/mol. The molecule has 1 heterocycles. The van der Waals surface area contributed by atoms with Crippen LogP contribution in [0.5, 0.6) is 11.5 Å². The van der Waals surface area contributed by atoms with Crippen molar-refractivity contribution in [2.75, 3.05) is 19.4 Å². The van der Waals surface area contributed by atoms with Crippen LogP contribution in [0.2, 0.25) is 0 Å². The summed E-state index contributed by atoms with van der Waals surface area (Å²) < 4.78 is 11.7. The Kier molecular flexibility index (Phi) is 8.67. The monoisotopic (exact) mass is 443 g/mol. The minimum atomic E-state index is 0.0563. The van der Waals surface area contributed by atoms with E-state index in [4.69, 9.17) is 9.47 Å². The SMILES string of the molecule is C=C(C)[C@@H]1CCC(C)=C[C@H]1c1c(O)cc(CCCCC)cc1OC(=NC)SCC1CO1. The van der Waals surface area contributed by atoms with Crippen LogP contribution in [0, 0.1) is 5.92 Å². The van der Waals surface area contributed by atoms with Crippen LogP contribution in [0.1, 0.15) is 69.9 Å². The van der Waals surface area contributed by atoms with Crippen LogP contribution in [-0.4, -0.2) is 35.8 Å². The van der Waals surface area contributed by atoms with Crippen molar-refractivity contribution in [2.45, 2.75) is 71.3 Å². The molecule has 2 aliphatic rings. The maximum atomic E-state index is 11.2. The maximum Gasteiger partial charge on any atom is 0.251 e. The fraction of sp³-hybridized carbons (Fsp3) is 0.577. The second kappa shape index (κ2) is 11.2. The molecule has 1 aliphatic carbocycles. The van der Waals surface area contributed by atoms with E-state index < -0.39 is 0 Å². The molecule has 4 nitrogen and oxygen atoms in total. The molecule has 0 amide bonds. The summed E-state index contributed by atoms with van der Waals surface area (Å²) in [5.41, 5.74) is 4.47. The standard InChI is InChI=1S/C26H37NO3S/c1-6-7-8-9-19-13-23(28)25(22-12-18(4)10-11-21(22)17(2)3)24(14-19)30-26(27-5)31-16-20-15-29-20/h12-14,20-22,28H,2,6-11,15-16H2,1,3-5H3/t20?,21-,22+/m0/s1. The second-order valence-electron chi connectivity index (χ2n) is 8.87. The zero-order valence-corrected chi connectivity index (χ0v) is 20.3. The van der Waals surface area contributed by atoms with E-state index in [0.29, 0.717) is 17.1 Å². The summed E-state index contributed by atoms with van der Waals surface area (Å²) >= 11 is 1.57. The lowest BCUT2D eigenvalue weighted by atomic mass is 9.73. The van der Waals surface area contributed by atoms with Gasteiger partial charge in [0, 0.05) is 24.3 Å². The molecule has 1 fully saturated rings. The molecule has 1 aromatic rings. The third-order valence-corrected chi connectivity index (χ3v) is 7.19. The number of allylic oxidation sites excluding steroid dienone is 3. The number of aliphatic imine (C=N–C) groups is 1. The summed E-state index contributed by atoms with van der Waals surface area (Å²) in [7, 11) is 1.75. The van der Waals surface area contributed by atoms with Crippen LogP contribution < -0.4 is 4.74 Å². The minimum Gasteiger partial charge on any atom is -0.507 e. The number of aromatic hydroxyl groups is 1. The number of hydrogen-bond donors (Lipinski definition) is 1. The minimum absolute atomic E-state index is 0.0563. The molecule has 0 saturated carbocycles. The maximum absolute atomic E-state index is 11.2. The van der Waals surface area contributed by atoms with Crippen molar-refractivity contribution < 1.29 is 14.6 Å². The summed E-state index contributed by atoms with van der Waals surface area (Å²) in [4.78, 5) is 4.36. The van der Waals surface area contributed by atoms with Crippen LogP contribution in [0.25, 0.3) is 0 Å². The number of rotatable bonds is 9. The lowest BCUT2D eigenvalue weighted by molar-refractivity contribution is 0.422. The lowest BCUT2D eigenvalue weighted by Crippen LogP contribution is -2.19. The van der Waals surface area contributed by atoms with Crippen molar-refractivity contribution in [3.8, 4) is 11.5 Å². The molecular formula is C26H37NO3S. The van der Waals surface area contributed by atoms with Crippen molar-refractivity contribution in [1.29, 1.82) is 0 Å². The quantitative estimate of drug-likeness (QED) is 0.153. The summed E-state index contributed by atoms with van der Waals surface area (Å²) in [5.74, 6) is 2.22. The van der Waals surface area contributed by atoms with Gasteiger partial charge in [0.2, 0.25) is 0 Å². The molecule has 1 unspecified atom stereocenters. The van der Waals surface area contributed by atoms with Crippen molar-refractivity contribution in [2.24, 2.45) is 10.9 Å². The Morgan fingerprint density at radius 3 is 2.77 bits per heavy atom. The van der Waals surface area contributed by atoms with Gasteiger partial charge >= 0.3 is 0 Å². The third-order valence-electron chi connectivity index (χ3n) is 6.14. The summed E-state index contributed by atoms with van der Waals surface area (Å²) in [5, 5.41) is 11.8. The molecule has 1 aromatic carbocycles. The Balaban J connectivity index is 1.96. The van der Waals surface area contributed by atoms with Crippen LogP contribution in [0.15, 0.2) is 40.9 Å². The van der Waals surface area contributed by atoms with Gasteiger partial charge in [-0.1, -0.05) is 55.3 Å².